The second-order valence-electron chi connectivity index (χ2n) is 3.83. The predicted octanol–water partition coefficient (Wildman–Crippen LogP) is 2.22. The summed E-state index contributed by atoms with van der Waals surface area (Å²) in [5.74, 6) is -1.15. The molecular weight excluding hydrogens is 252 g/mol. The fourth-order valence-corrected chi connectivity index (χ4v) is 2.08. The highest BCUT2D eigenvalue weighted by Crippen LogP contribution is 2.17. The second kappa shape index (κ2) is 4.87. The number of nitrogens with one attached hydrogen (secondary N) is 1. The van der Waals surface area contributed by atoms with Gasteiger partial charge in [0.15, 0.2) is 0 Å². The number of alkyl halides is 1. The molecule has 0 saturated carbocycles. The summed E-state index contributed by atoms with van der Waals surface area (Å²) in [6.07, 6.45) is -0.759. The van der Waals surface area contributed by atoms with E-state index >= 15 is 0 Å². The zero-order valence-electron chi connectivity index (χ0n) is 8.75. The van der Waals surface area contributed by atoms with Crippen LogP contribution in [0.3, 0.4) is 0 Å². The van der Waals surface area contributed by atoms with Crippen molar-refractivity contribution in [2.45, 2.75) is 18.6 Å². The van der Waals surface area contributed by atoms with Crippen LogP contribution in [0.5, 0.6) is 0 Å². The fraction of sp³-hybridized carbons (Fsp3) is 0.364. The van der Waals surface area contributed by atoms with E-state index in [1.54, 1.807) is 0 Å². The number of carbonyl (C=O) groups is 1. The summed E-state index contributed by atoms with van der Waals surface area (Å²) in [5, 5.41) is 2.55. The molecule has 2 atom stereocenters. The standard InChI is InChI=1S/C11H10ClF2NO2/c12-5-10-9(15-11(16)17-10)3-6-1-7(13)4-8(14)2-6/h1-2,4,9-10H,3,5H2,(H,15,16)/t9-,10-/m0/s1. The lowest BCUT2D eigenvalue weighted by Crippen LogP contribution is -2.34. The molecule has 1 aliphatic heterocycles. The van der Waals surface area contributed by atoms with Gasteiger partial charge in [-0.25, -0.2) is 13.6 Å². The van der Waals surface area contributed by atoms with E-state index in [2.05, 4.69) is 5.32 Å². The van der Waals surface area contributed by atoms with Gasteiger partial charge in [-0.1, -0.05) is 0 Å². The first-order chi connectivity index (χ1) is 8.08. The monoisotopic (exact) mass is 261 g/mol. The van der Waals surface area contributed by atoms with E-state index in [0.29, 0.717) is 5.56 Å². The van der Waals surface area contributed by atoms with Gasteiger partial charge >= 0.3 is 6.09 Å². The molecule has 1 aliphatic rings. The SMILES string of the molecule is O=C1N[C@@H](Cc2cc(F)cc(F)c2)[C@H](CCl)O1. The highest BCUT2D eigenvalue weighted by atomic mass is 35.5. The van der Waals surface area contributed by atoms with Crippen LogP contribution in [0.4, 0.5) is 13.6 Å². The highest BCUT2D eigenvalue weighted by molar-refractivity contribution is 6.18. The third-order valence-electron chi connectivity index (χ3n) is 2.54. The minimum Gasteiger partial charge on any atom is -0.443 e. The Hall–Kier alpha value is -1.36. The Kier molecular flexibility index (Phi) is 3.47. The summed E-state index contributed by atoms with van der Waals surface area (Å²) in [4.78, 5) is 11.0. The van der Waals surface area contributed by atoms with Crippen molar-refractivity contribution in [3.63, 3.8) is 0 Å². The minimum atomic E-state index is -0.646. The lowest BCUT2D eigenvalue weighted by Gasteiger charge is -2.14. The summed E-state index contributed by atoms with van der Waals surface area (Å²) < 4.78 is 30.8. The average Bonchev–Trinajstić information content (AvgIpc) is 2.57. The molecule has 1 amide bonds. The smallest absolute Gasteiger partial charge is 0.407 e. The van der Waals surface area contributed by atoms with E-state index in [4.69, 9.17) is 16.3 Å². The van der Waals surface area contributed by atoms with Crippen LogP contribution in [0.15, 0.2) is 18.2 Å². The number of alkyl carbamates (subject to hydrolysis) is 1. The van der Waals surface area contributed by atoms with Crippen molar-refractivity contribution >= 4 is 17.7 Å². The Morgan fingerprint density at radius 2 is 1.94 bits per heavy atom. The first kappa shape index (κ1) is 12.1. The van der Waals surface area contributed by atoms with E-state index in [1.165, 1.54) is 12.1 Å². The number of halogens is 3. The molecule has 3 nitrogen and oxygen atoms in total. The third kappa shape index (κ3) is 2.85. The van der Waals surface area contributed by atoms with Crippen molar-refractivity contribution in [2.75, 3.05) is 5.88 Å². The van der Waals surface area contributed by atoms with Crippen LogP contribution >= 0.6 is 11.6 Å². The molecule has 0 aromatic heterocycles. The summed E-state index contributed by atoms with van der Waals surface area (Å²) >= 11 is 5.63. The maximum Gasteiger partial charge on any atom is 0.407 e. The molecule has 0 spiro atoms. The van der Waals surface area contributed by atoms with Gasteiger partial charge in [-0.15, -0.1) is 11.6 Å². The van der Waals surface area contributed by atoms with E-state index in [-0.39, 0.29) is 18.3 Å². The van der Waals surface area contributed by atoms with Gasteiger partial charge in [0.1, 0.15) is 17.7 Å². The quantitative estimate of drug-likeness (QED) is 0.848. The summed E-state index contributed by atoms with van der Waals surface area (Å²) in [7, 11) is 0. The van der Waals surface area contributed by atoms with E-state index in [9.17, 15) is 13.6 Å². The maximum absolute atomic E-state index is 13.0. The van der Waals surface area contributed by atoms with E-state index in [1.807, 2.05) is 0 Å². The molecule has 1 fully saturated rings. The first-order valence-electron chi connectivity index (χ1n) is 5.06. The van der Waals surface area contributed by atoms with Crippen molar-refractivity contribution in [3.8, 4) is 0 Å². The normalized spacial score (nSPS) is 23.4. The molecule has 1 N–H and O–H groups in total. The van der Waals surface area contributed by atoms with Crippen LogP contribution in [-0.2, 0) is 11.2 Å². The number of amides is 1. The molecule has 17 heavy (non-hydrogen) atoms. The molecule has 0 aliphatic carbocycles. The van der Waals surface area contributed by atoms with Crippen LogP contribution in [0.2, 0.25) is 0 Å². The number of cyclic esters (lactones) is 1. The number of rotatable bonds is 3. The molecule has 1 aromatic carbocycles. The molecule has 92 valence electrons. The van der Waals surface area contributed by atoms with Crippen LogP contribution in [-0.4, -0.2) is 24.1 Å². The van der Waals surface area contributed by atoms with Gasteiger partial charge in [-0.2, -0.15) is 0 Å². The molecule has 6 heteroatoms. The second-order valence-corrected chi connectivity index (χ2v) is 4.14. The van der Waals surface area contributed by atoms with Gasteiger partial charge < -0.3 is 10.1 Å². The lowest BCUT2D eigenvalue weighted by atomic mass is 10.0. The summed E-state index contributed by atoms with van der Waals surface area (Å²) in [6, 6.07) is 2.88. The Bertz CT molecular complexity index is 421. The zero-order chi connectivity index (χ0) is 12.4. The fourth-order valence-electron chi connectivity index (χ4n) is 1.80. The van der Waals surface area contributed by atoms with Gasteiger partial charge in [0.05, 0.1) is 11.9 Å². The zero-order valence-corrected chi connectivity index (χ0v) is 9.51. The van der Waals surface area contributed by atoms with Gasteiger partial charge in [0.2, 0.25) is 0 Å². The van der Waals surface area contributed by atoms with E-state index in [0.717, 1.165) is 6.07 Å². The number of carbonyl (C=O) groups excluding carboxylic acids is 1. The van der Waals surface area contributed by atoms with Crippen LogP contribution in [0, 0.1) is 11.6 Å². The number of hydrogen-bond donors (Lipinski definition) is 1. The third-order valence-corrected chi connectivity index (χ3v) is 2.84. The molecule has 0 radical (unpaired) electrons. The van der Waals surface area contributed by atoms with Gasteiger partial charge in [0.25, 0.3) is 0 Å². The molecule has 1 saturated heterocycles. The van der Waals surface area contributed by atoms with Crippen molar-refractivity contribution in [1.82, 2.24) is 5.32 Å². The molecule has 1 aromatic rings. The number of benzene rings is 1. The van der Waals surface area contributed by atoms with Crippen molar-refractivity contribution < 1.29 is 18.3 Å². The Labute approximate surface area is 102 Å². The van der Waals surface area contributed by atoms with Gasteiger partial charge in [-0.05, 0) is 24.1 Å². The maximum atomic E-state index is 13.0. The Morgan fingerprint density at radius 3 is 2.53 bits per heavy atom. The molecule has 0 bridgehead atoms. The van der Waals surface area contributed by atoms with Crippen molar-refractivity contribution in [1.29, 1.82) is 0 Å². The van der Waals surface area contributed by atoms with Crippen LogP contribution in [0.1, 0.15) is 5.56 Å². The van der Waals surface area contributed by atoms with Crippen LogP contribution in [0.25, 0.3) is 0 Å². The van der Waals surface area contributed by atoms with Gasteiger partial charge in [0, 0.05) is 6.07 Å². The largest absolute Gasteiger partial charge is 0.443 e. The molecule has 0 unspecified atom stereocenters. The van der Waals surface area contributed by atoms with Gasteiger partial charge in [-0.3, -0.25) is 0 Å². The van der Waals surface area contributed by atoms with Crippen molar-refractivity contribution in [3.05, 3.63) is 35.4 Å². The Morgan fingerprint density at radius 1 is 1.29 bits per heavy atom. The predicted molar refractivity (Wildman–Crippen MR) is 58.0 cm³/mol. The highest BCUT2D eigenvalue weighted by Gasteiger charge is 2.33. The molecule has 1 heterocycles. The number of hydrogen-bond acceptors (Lipinski definition) is 2. The summed E-state index contributed by atoms with van der Waals surface area (Å²) in [5.41, 5.74) is 0.452. The topological polar surface area (TPSA) is 38.3 Å². The van der Waals surface area contributed by atoms with Crippen LogP contribution < -0.4 is 5.32 Å². The van der Waals surface area contributed by atoms with Crippen molar-refractivity contribution in [2.24, 2.45) is 0 Å². The minimum absolute atomic E-state index is 0.140. The summed E-state index contributed by atoms with van der Waals surface area (Å²) in [6.45, 7) is 0. The molecular formula is C11H10ClF2NO2. The average molecular weight is 262 g/mol. The molecule has 2 rings (SSSR count). The number of ether oxygens (including phenoxy) is 1. The lowest BCUT2D eigenvalue weighted by molar-refractivity contribution is 0.142. The Balaban J connectivity index is 2.12. The first-order valence-corrected chi connectivity index (χ1v) is 5.60. The van der Waals surface area contributed by atoms with E-state index < -0.39 is 23.8 Å².